The van der Waals surface area contributed by atoms with Crippen LogP contribution in [0.2, 0.25) is 0 Å². The van der Waals surface area contributed by atoms with Crippen molar-refractivity contribution in [1.82, 2.24) is 10.2 Å². The maximum atomic E-state index is 12.1. The summed E-state index contributed by atoms with van der Waals surface area (Å²) in [6.07, 6.45) is 1.39. The van der Waals surface area contributed by atoms with E-state index in [1.165, 1.54) is 25.3 Å². The van der Waals surface area contributed by atoms with Gasteiger partial charge in [0.25, 0.3) is 11.8 Å². The number of ether oxygens (including phenoxy) is 1. The quantitative estimate of drug-likeness (QED) is 0.525. The summed E-state index contributed by atoms with van der Waals surface area (Å²) in [6, 6.07) is 10.6. The van der Waals surface area contributed by atoms with E-state index in [0.717, 1.165) is 10.5 Å². The predicted molar refractivity (Wildman–Crippen MR) is 106 cm³/mol. The van der Waals surface area contributed by atoms with Gasteiger partial charge >= 0.3 is 12.0 Å². The number of hydrogen-bond acceptors (Lipinski definition) is 5. The minimum Gasteiger partial charge on any atom is -0.488 e. The number of nitrogens with zero attached hydrogens (tertiary/aromatic N) is 1. The van der Waals surface area contributed by atoms with Gasteiger partial charge in [-0.05, 0) is 57.4 Å². The number of imide groups is 2. The molecule has 8 nitrogen and oxygen atoms in total. The van der Waals surface area contributed by atoms with Crippen LogP contribution in [0.25, 0.3) is 6.08 Å². The topological polar surface area (TPSA) is 113 Å². The molecule has 3 rings (SSSR count). The zero-order valence-electron chi connectivity index (χ0n) is 15.1. The highest BCUT2D eigenvalue weighted by atomic mass is 79.9. The molecule has 0 bridgehead atoms. The molecule has 2 aromatic rings. The first-order chi connectivity index (χ1) is 13.8. The molecule has 1 saturated heterocycles. The number of carboxylic acid groups (broad SMARTS) is 1. The number of carboxylic acids is 1. The zero-order chi connectivity index (χ0) is 21.1. The number of barbiturate groups is 1. The largest absolute Gasteiger partial charge is 0.488 e. The lowest BCUT2D eigenvalue weighted by molar-refractivity contribution is -0.129. The Hall–Kier alpha value is -3.46. The number of amides is 4. The normalized spacial score (nSPS) is 15.4. The predicted octanol–water partition coefficient (Wildman–Crippen LogP) is 2.82. The van der Waals surface area contributed by atoms with Crippen LogP contribution in [0.4, 0.5) is 4.79 Å². The van der Waals surface area contributed by atoms with Crippen LogP contribution in [0.15, 0.2) is 52.5 Å². The van der Waals surface area contributed by atoms with Gasteiger partial charge < -0.3 is 9.84 Å². The molecule has 9 heteroatoms. The van der Waals surface area contributed by atoms with E-state index in [1.54, 1.807) is 30.3 Å². The van der Waals surface area contributed by atoms with Gasteiger partial charge in [0.2, 0.25) is 0 Å². The highest BCUT2D eigenvalue weighted by molar-refractivity contribution is 9.10. The van der Waals surface area contributed by atoms with Crippen molar-refractivity contribution < 1.29 is 29.0 Å². The second-order valence-electron chi connectivity index (χ2n) is 6.16. The van der Waals surface area contributed by atoms with E-state index >= 15 is 0 Å². The van der Waals surface area contributed by atoms with Gasteiger partial charge in [0.15, 0.2) is 0 Å². The van der Waals surface area contributed by atoms with E-state index in [9.17, 15) is 19.2 Å². The third-order valence-corrected chi connectivity index (χ3v) is 4.79. The van der Waals surface area contributed by atoms with Crippen molar-refractivity contribution in [3.05, 3.63) is 69.2 Å². The monoisotopic (exact) mass is 458 g/mol. The first kappa shape index (κ1) is 20.3. The standard InChI is InChI=1S/C20H15BrN2O6/c1-23-18(25)14(17(24)22-20(23)28)8-12-4-7-16(15(21)9-12)29-10-11-2-5-13(6-3-11)19(26)27/h2-9H,10H2,1H3,(H,26,27)(H,22,24,28). The summed E-state index contributed by atoms with van der Waals surface area (Å²) in [5.74, 6) is -1.90. The zero-order valence-corrected chi connectivity index (χ0v) is 16.7. The summed E-state index contributed by atoms with van der Waals surface area (Å²) < 4.78 is 6.33. The molecule has 0 aromatic heterocycles. The number of nitrogens with one attached hydrogen (secondary N) is 1. The summed E-state index contributed by atoms with van der Waals surface area (Å²) in [7, 11) is 1.29. The van der Waals surface area contributed by atoms with E-state index in [4.69, 9.17) is 9.84 Å². The van der Waals surface area contributed by atoms with Crippen LogP contribution in [0.3, 0.4) is 0 Å². The van der Waals surface area contributed by atoms with Crippen molar-refractivity contribution >= 4 is 45.8 Å². The second kappa shape index (κ2) is 8.27. The third kappa shape index (κ3) is 4.52. The van der Waals surface area contributed by atoms with Crippen LogP contribution >= 0.6 is 15.9 Å². The summed E-state index contributed by atoms with van der Waals surface area (Å²) >= 11 is 3.39. The SMILES string of the molecule is CN1C(=O)NC(=O)C(=Cc2ccc(OCc3ccc(C(=O)O)cc3)c(Br)c2)C1=O. The van der Waals surface area contributed by atoms with E-state index in [-0.39, 0.29) is 17.7 Å². The molecule has 1 fully saturated rings. The average Bonchev–Trinajstić information content (AvgIpc) is 2.69. The van der Waals surface area contributed by atoms with Crippen molar-refractivity contribution in [2.45, 2.75) is 6.61 Å². The number of hydrogen-bond donors (Lipinski definition) is 2. The first-order valence-corrected chi connectivity index (χ1v) is 9.15. The molecular weight excluding hydrogens is 444 g/mol. The Morgan fingerprint density at radius 2 is 1.86 bits per heavy atom. The molecule has 0 unspecified atom stereocenters. The molecular formula is C20H15BrN2O6. The van der Waals surface area contributed by atoms with Gasteiger partial charge in [-0.2, -0.15) is 0 Å². The van der Waals surface area contributed by atoms with Crippen LogP contribution in [-0.2, 0) is 16.2 Å². The molecule has 2 aromatic carbocycles. The smallest absolute Gasteiger partial charge is 0.335 e. The molecule has 0 spiro atoms. The fourth-order valence-electron chi connectivity index (χ4n) is 2.54. The highest BCUT2D eigenvalue weighted by Gasteiger charge is 2.32. The Bertz CT molecular complexity index is 1050. The molecule has 0 radical (unpaired) electrons. The van der Waals surface area contributed by atoms with Crippen molar-refractivity contribution in [1.29, 1.82) is 0 Å². The summed E-state index contributed by atoms with van der Waals surface area (Å²) in [5, 5.41) is 11.0. The Morgan fingerprint density at radius 1 is 1.17 bits per heavy atom. The summed E-state index contributed by atoms with van der Waals surface area (Å²) in [5.41, 5.74) is 1.41. The molecule has 2 N–H and O–H groups in total. The van der Waals surface area contributed by atoms with Crippen LogP contribution in [0, 0.1) is 0 Å². The van der Waals surface area contributed by atoms with E-state index in [1.807, 2.05) is 0 Å². The number of carbonyl (C=O) groups excluding carboxylic acids is 3. The molecule has 1 heterocycles. The Kier molecular flexibility index (Phi) is 5.79. The maximum absolute atomic E-state index is 12.1. The highest BCUT2D eigenvalue weighted by Crippen LogP contribution is 2.28. The van der Waals surface area contributed by atoms with Crippen LogP contribution < -0.4 is 10.1 Å². The molecule has 0 aliphatic carbocycles. The Balaban J connectivity index is 1.73. The molecule has 0 saturated carbocycles. The van der Waals surface area contributed by atoms with Gasteiger partial charge in [0.05, 0.1) is 10.0 Å². The summed E-state index contributed by atoms with van der Waals surface area (Å²) in [6.45, 7) is 0.229. The molecule has 29 heavy (non-hydrogen) atoms. The third-order valence-electron chi connectivity index (χ3n) is 4.17. The number of aromatic carboxylic acids is 1. The van der Waals surface area contributed by atoms with Gasteiger partial charge in [-0.1, -0.05) is 18.2 Å². The van der Waals surface area contributed by atoms with Crippen LogP contribution in [-0.4, -0.2) is 40.9 Å². The van der Waals surface area contributed by atoms with Crippen molar-refractivity contribution in [3.8, 4) is 5.75 Å². The lowest BCUT2D eigenvalue weighted by Gasteiger charge is -2.22. The van der Waals surface area contributed by atoms with E-state index < -0.39 is 23.8 Å². The number of likely N-dealkylation sites (N-methyl/N-ethyl adjacent to an activating group) is 1. The van der Waals surface area contributed by atoms with E-state index in [0.29, 0.717) is 15.8 Å². The average molecular weight is 459 g/mol. The minimum absolute atomic E-state index is 0.147. The van der Waals surface area contributed by atoms with Gasteiger partial charge in [-0.25, -0.2) is 9.59 Å². The lowest BCUT2D eigenvalue weighted by Crippen LogP contribution is -2.52. The molecule has 148 valence electrons. The maximum Gasteiger partial charge on any atom is 0.335 e. The van der Waals surface area contributed by atoms with Crippen LogP contribution in [0.1, 0.15) is 21.5 Å². The number of carbonyl (C=O) groups is 4. The number of benzene rings is 2. The molecule has 4 amide bonds. The van der Waals surface area contributed by atoms with Gasteiger partial charge in [0, 0.05) is 7.05 Å². The van der Waals surface area contributed by atoms with Crippen molar-refractivity contribution in [2.24, 2.45) is 0 Å². The molecule has 0 atom stereocenters. The minimum atomic E-state index is -0.995. The van der Waals surface area contributed by atoms with Gasteiger partial charge in [0.1, 0.15) is 17.9 Å². The van der Waals surface area contributed by atoms with Crippen molar-refractivity contribution in [2.75, 3.05) is 7.05 Å². The van der Waals surface area contributed by atoms with Gasteiger partial charge in [-0.3, -0.25) is 19.8 Å². The number of urea groups is 1. The number of halogens is 1. The second-order valence-corrected chi connectivity index (χ2v) is 7.02. The fraction of sp³-hybridized carbons (Fsp3) is 0.100. The Morgan fingerprint density at radius 3 is 2.48 bits per heavy atom. The van der Waals surface area contributed by atoms with Crippen LogP contribution in [0.5, 0.6) is 5.75 Å². The lowest BCUT2D eigenvalue weighted by atomic mass is 10.1. The van der Waals surface area contributed by atoms with Crippen molar-refractivity contribution in [3.63, 3.8) is 0 Å². The first-order valence-electron chi connectivity index (χ1n) is 8.36. The van der Waals surface area contributed by atoms with E-state index in [2.05, 4.69) is 21.2 Å². The Labute approximate surface area is 173 Å². The fourth-order valence-corrected chi connectivity index (χ4v) is 3.05. The number of rotatable bonds is 5. The van der Waals surface area contributed by atoms with Gasteiger partial charge in [-0.15, -0.1) is 0 Å². The molecule has 1 aliphatic rings. The summed E-state index contributed by atoms with van der Waals surface area (Å²) in [4.78, 5) is 47.2. The molecule has 1 aliphatic heterocycles.